The number of nitrogens with one attached hydrogen (secondary N) is 2. The smallest absolute Gasteiger partial charge is 0.191 e. The van der Waals surface area contributed by atoms with E-state index < -0.39 is 0 Å². The van der Waals surface area contributed by atoms with Gasteiger partial charge >= 0.3 is 0 Å². The number of aromatic nitrogens is 1. The Bertz CT molecular complexity index is 919. The molecule has 0 aliphatic rings. The maximum absolute atomic E-state index is 5.90. The maximum Gasteiger partial charge on any atom is 0.191 e. The molecule has 152 valence electrons. The second-order valence-corrected chi connectivity index (χ2v) is 7.07. The average molecular weight is 393 g/mol. The van der Waals surface area contributed by atoms with Gasteiger partial charge in [0.05, 0.1) is 12.2 Å². The second-order valence-electron chi connectivity index (χ2n) is 7.07. The Morgan fingerprint density at radius 3 is 2.48 bits per heavy atom. The van der Waals surface area contributed by atoms with Gasteiger partial charge in [0, 0.05) is 19.7 Å². The third-order valence-corrected chi connectivity index (χ3v) is 4.43. The first-order chi connectivity index (χ1) is 14.1. The Hall–Kier alpha value is -3.28. The van der Waals surface area contributed by atoms with E-state index in [0.29, 0.717) is 31.6 Å². The van der Waals surface area contributed by atoms with Gasteiger partial charge in [-0.05, 0) is 29.2 Å². The number of hydrogen-bond donors (Lipinski definition) is 2. The average Bonchev–Trinajstić information content (AvgIpc) is 3.23. The van der Waals surface area contributed by atoms with Crippen molar-refractivity contribution in [3.8, 4) is 5.75 Å². The van der Waals surface area contributed by atoms with Crippen LogP contribution in [-0.2, 0) is 19.7 Å². The van der Waals surface area contributed by atoms with E-state index >= 15 is 0 Å². The van der Waals surface area contributed by atoms with Crippen LogP contribution in [0.3, 0.4) is 0 Å². The first-order valence-electron chi connectivity index (χ1n) is 9.79. The predicted octanol–water partition coefficient (Wildman–Crippen LogP) is 4.24. The first kappa shape index (κ1) is 20.5. The fraction of sp³-hybridized carbons (Fsp3) is 0.304. The zero-order valence-electron chi connectivity index (χ0n) is 17.2. The van der Waals surface area contributed by atoms with E-state index in [1.165, 1.54) is 0 Å². The summed E-state index contributed by atoms with van der Waals surface area (Å²) in [7, 11) is 1.74. The molecule has 1 aromatic heterocycles. The molecular formula is C23H28N4O2. The summed E-state index contributed by atoms with van der Waals surface area (Å²) in [6, 6.07) is 20.2. The molecule has 29 heavy (non-hydrogen) atoms. The van der Waals surface area contributed by atoms with Gasteiger partial charge in [-0.25, -0.2) is 0 Å². The monoisotopic (exact) mass is 392 g/mol. The molecule has 0 saturated carbocycles. The Labute approximate surface area is 172 Å². The summed E-state index contributed by atoms with van der Waals surface area (Å²) < 4.78 is 11.3. The minimum absolute atomic E-state index is 0.348. The largest absolute Gasteiger partial charge is 0.489 e. The fourth-order valence-corrected chi connectivity index (χ4v) is 2.75. The molecule has 1 heterocycles. The normalized spacial score (nSPS) is 11.5. The lowest BCUT2D eigenvalue weighted by Crippen LogP contribution is -2.36. The zero-order valence-corrected chi connectivity index (χ0v) is 17.2. The fourth-order valence-electron chi connectivity index (χ4n) is 2.75. The highest BCUT2D eigenvalue weighted by Gasteiger charge is 2.08. The minimum atomic E-state index is 0.348. The van der Waals surface area contributed by atoms with Crippen molar-refractivity contribution in [2.24, 2.45) is 4.99 Å². The second kappa shape index (κ2) is 10.3. The van der Waals surface area contributed by atoms with Crippen LogP contribution in [0.1, 0.15) is 42.3 Å². The summed E-state index contributed by atoms with van der Waals surface area (Å²) in [5, 5.41) is 10.6. The molecule has 3 aromatic rings. The molecular weight excluding hydrogens is 364 g/mol. The van der Waals surface area contributed by atoms with Crippen LogP contribution in [0.25, 0.3) is 0 Å². The van der Waals surface area contributed by atoms with Gasteiger partial charge in [0.25, 0.3) is 0 Å². The van der Waals surface area contributed by atoms with Crippen LogP contribution in [-0.4, -0.2) is 18.2 Å². The lowest BCUT2D eigenvalue weighted by molar-refractivity contribution is 0.306. The predicted molar refractivity (Wildman–Crippen MR) is 115 cm³/mol. The van der Waals surface area contributed by atoms with Crippen LogP contribution in [0, 0.1) is 0 Å². The molecule has 0 saturated heterocycles. The summed E-state index contributed by atoms with van der Waals surface area (Å²) in [4.78, 5) is 4.26. The Balaban J connectivity index is 1.48. The molecule has 0 unspecified atom stereocenters. The highest BCUT2D eigenvalue weighted by atomic mass is 16.5. The minimum Gasteiger partial charge on any atom is -0.489 e. The van der Waals surface area contributed by atoms with Gasteiger partial charge in [-0.2, -0.15) is 0 Å². The van der Waals surface area contributed by atoms with Gasteiger partial charge in [-0.1, -0.05) is 61.5 Å². The number of guanidine groups is 1. The highest BCUT2D eigenvalue weighted by Crippen LogP contribution is 2.16. The third-order valence-electron chi connectivity index (χ3n) is 4.43. The van der Waals surface area contributed by atoms with Crippen LogP contribution in [0.15, 0.2) is 70.2 Å². The van der Waals surface area contributed by atoms with Crippen LogP contribution in [0.4, 0.5) is 0 Å². The molecule has 0 bridgehead atoms. The summed E-state index contributed by atoms with van der Waals surface area (Å²) in [5.74, 6) is 2.68. The summed E-state index contributed by atoms with van der Waals surface area (Å²) in [6.45, 7) is 5.90. The van der Waals surface area contributed by atoms with Crippen LogP contribution in [0.2, 0.25) is 0 Å². The van der Waals surface area contributed by atoms with Crippen LogP contribution < -0.4 is 15.4 Å². The molecule has 2 N–H and O–H groups in total. The van der Waals surface area contributed by atoms with Crippen molar-refractivity contribution in [2.75, 3.05) is 7.05 Å². The van der Waals surface area contributed by atoms with E-state index in [1.807, 2.05) is 42.5 Å². The lowest BCUT2D eigenvalue weighted by atomic mass is 10.1. The van der Waals surface area contributed by atoms with Crippen molar-refractivity contribution in [1.82, 2.24) is 15.8 Å². The molecule has 0 spiro atoms. The summed E-state index contributed by atoms with van der Waals surface area (Å²) in [5.41, 5.74) is 3.21. The Morgan fingerprint density at radius 2 is 1.76 bits per heavy atom. The van der Waals surface area contributed by atoms with Gasteiger partial charge in [-0.3, -0.25) is 4.99 Å². The molecule has 0 atom stereocenters. The summed E-state index contributed by atoms with van der Waals surface area (Å²) >= 11 is 0. The van der Waals surface area contributed by atoms with Gasteiger partial charge in [0.1, 0.15) is 12.4 Å². The van der Waals surface area contributed by atoms with Gasteiger partial charge in [0.2, 0.25) is 0 Å². The molecule has 0 aliphatic heterocycles. The van der Waals surface area contributed by atoms with Crippen molar-refractivity contribution in [1.29, 1.82) is 0 Å². The van der Waals surface area contributed by atoms with Crippen molar-refractivity contribution < 1.29 is 9.26 Å². The van der Waals surface area contributed by atoms with Gasteiger partial charge in [0.15, 0.2) is 11.7 Å². The Morgan fingerprint density at radius 1 is 1.00 bits per heavy atom. The van der Waals surface area contributed by atoms with Crippen molar-refractivity contribution >= 4 is 5.96 Å². The van der Waals surface area contributed by atoms with Crippen molar-refractivity contribution in [3.63, 3.8) is 0 Å². The van der Waals surface area contributed by atoms with E-state index in [-0.39, 0.29) is 0 Å². The van der Waals surface area contributed by atoms with E-state index in [0.717, 1.165) is 28.3 Å². The molecule has 6 nitrogen and oxygen atoms in total. The molecule has 2 aromatic carbocycles. The number of rotatable bonds is 8. The topological polar surface area (TPSA) is 71.7 Å². The zero-order chi connectivity index (χ0) is 20.5. The number of aliphatic imine (C=N–C) groups is 1. The molecule has 6 heteroatoms. The van der Waals surface area contributed by atoms with Crippen molar-refractivity contribution in [2.45, 2.75) is 39.5 Å². The first-order valence-corrected chi connectivity index (χ1v) is 9.79. The van der Waals surface area contributed by atoms with E-state index in [2.05, 4.69) is 52.8 Å². The maximum atomic E-state index is 5.90. The van der Waals surface area contributed by atoms with Gasteiger partial charge < -0.3 is 19.9 Å². The number of benzene rings is 2. The quantitative estimate of drug-likeness (QED) is 0.443. The standard InChI is InChI=1S/C23H28N4O2/c1-17(2)22-13-21(29-27-22)15-26-23(24-3)25-14-19-10-7-11-20(12-19)28-16-18-8-5-4-6-9-18/h4-13,17H,14-16H2,1-3H3,(H2,24,25,26). The van der Waals surface area contributed by atoms with E-state index in [9.17, 15) is 0 Å². The van der Waals surface area contributed by atoms with Crippen molar-refractivity contribution in [3.05, 3.63) is 83.2 Å². The van der Waals surface area contributed by atoms with E-state index in [4.69, 9.17) is 9.26 Å². The van der Waals surface area contributed by atoms with Gasteiger partial charge in [-0.15, -0.1) is 0 Å². The molecule has 3 rings (SSSR count). The SMILES string of the molecule is CN=C(NCc1cccc(OCc2ccccc2)c1)NCc1cc(C(C)C)no1. The molecule has 0 radical (unpaired) electrons. The molecule has 0 aliphatic carbocycles. The highest BCUT2D eigenvalue weighted by molar-refractivity contribution is 5.79. The lowest BCUT2D eigenvalue weighted by Gasteiger charge is -2.12. The number of nitrogens with zero attached hydrogens (tertiary/aromatic N) is 2. The summed E-state index contributed by atoms with van der Waals surface area (Å²) in [6.07, 6.45) is 0. The van der Waals surface area contributed by atoms with Crippen LogP contribution in [0.5, 0.6) is 5.75 Å². The Kier molecular flexibility index (Phi) is 7.28. The molecule has 0 amide bonds. The van der Waals surface area contributed by atoms with E-state index in [1.54, 1.807) is 7.05 Å². The number of ether oxygens (including phenoxy) is 1. The third kappa shape index (κ3) is 6.38. The number of hydrogen-bond acceptors (Lipinski definition) is 4. The van der Waals surface area contributed by atoms with Crippen LogP contribution >= 0.6 is 0 Å². The molecule has 0 fully saturated rings.